The summed E-state index contributed by atoms with van der Waals surface area (Å²) in [5.74, 6) is 0. The van der Waals surface area contributed by atoms with Crippen molar-refractivity contribution in [2.24, 2.45) is 0 Å². The molecule has 0 bridgehead atoms. The van der Waals surface area contributed by atoms with Crippen LogP contribution in [-0.2, 0) is 4.74 Å². The Morgan fingerprint density at radius 3 is 2.67 bits per heavy atom. The molecule has 1 aromatic heterocycles. The Hall–Kier alpha value is -1.56. The minimum absolute atomic E-state index is 0.339. The molecular weight excluding hydrogens is 224 g/mol. The van der Waals surface area contributed by atoms with Crippen LogP contribution in [0.15, 0.2) is 15.7 Å². The number of carbonyl (C=O) groups is 1. The van der Waals surface area contributed by atoms with Crippen molar-refractivity contribution in [1.82, 2.24) is 9.55 Å². The number of aryl methyl sites for hydroxylation is 1. The predicted molar refractivity (Wildman–Crippen MR) is 53.3 cm³/mol. The Labute approximate surface area is 89.4 Å². The number of ether oxygens (including phenoxy) is 1. The topological polar surface area (TPSA) is 81.2 Å². The first-order valence-corrected chi connectivity index (χ1v) is 4.53. The van der Waals surface area contributed by atoms with Crippen LogP contribution in [-0.4, -0.2) is 21.2 Å². The van der Waals surface area contributed by atoms with Gasteiger partial charge in [-0.25, -0.2) is 9.59 Å². The fraction of sp³-hybridized carbons (Fsp3) is 0.375. The number of halogens is 1. The third-order valence-electron chi connectivity index (χ3n) is 1.51. The molecule has 0 radical (unpaired) electrons. The summed E-state index contributed by atoms with van der Waals surface area (Å²) in [6.07, 6.45) is -1.09. The highest BCUT2D eigenvalue weighted by Crippen LogP contribution is 1.96. The molecule has 0 amide bonds. The number of alkyl halides is 1. The smallest absolute Gasteiger partial charge is 0.426 e. The van der Waals surface area contributed by atoms with Crippen molar-refractivity contribution in [3.05, 3.63) is 32.6 Å². The summed E-state index contributed by atoms with van der Waals surface area (Å²) in [4.78, 5) is 36.1. The van der Waals surface area contributed by atoms with Gasteiger partial charge in [-0.15, -0.1) is 0 Å². The molecule has 1 unspecified atom stereocenters. The second kappa shape index (κ2) is 4.31. The van der Waals surface area contributed by atoms with Crippen molar-refractivity contribution in [3.63, 3.8) is 0 Å². The van der Waals surface area contributed by atoms with E-state index in [2.05, 4.69) is 9.72 Å². The number of hydrogen-bond donors (Lipinski definition) is 1. The van der Waals surface area contributed by atoms with Gasteiger partial charge in [0.25, 0.3) is 5.56 Å². The highest BCUT2D eigenvalue weighted by atomic mass is 35.5. The maximum absolute atomic E-state index is 11.3. The summed E-state index contributed by atoms with van der Waals surface area (Å²) >= 11 is 5.39. The molecule has 0 saturated carbocycles. The van der Waals surface area contributed by atoms with Crippen LogP contribution >= 0.6 is 11.6 Å². The average Bonchev–Trinajstić information content (AvgIpc) is 1.99. The Bertz CT molecular complexity index is 457. The van der Waals surface area contributed by atoms with Gasteiger partial charge in [-0.1, -0.05) is 11.6 Å². The van der Waals surface area contributed by atoms with Gasteiger partial charge >= 0.3 is 11.8 Å². The summed E-state index contributed by atoms with van der Waals surface area (Å²) in [5.41, 5.74) is -2.14. The summed E-state index contributed by atoms with van der Waals surface area (Å²) in [7, 11) is 0. The van der Waals surface area contributed by atoms with Crippen LogP contribution in [0.4, 0.5) is 4.79 Å². The van der Waals surface area contributed by atoms with Crippen LogP contribution < -0.4 is 11.2 Å². The largest absolute Gasteiger partial charge is 0.429 e. The van der Waals surface area contributed by atoms with Crippen molar-refractivity contribution < 1.29 is 9.53 Å². The molecule has 6 nitrogen and oxygen atoms in total. The molecule has 0 aliphatic carbocycles. The maximum atomic E-state index is 11.3. The normalized spacial score (nSPS) is 12.2. The maximum Gasteiger partial charge on any atom is 0.426 e. The molecule has 7 heteroatoms. The molecule has 15 heavy (non-hydrogen) atoms. The van der Waals surface area contributed by atoms with E-state index in [1.165, 1.54) is 13.8 Å². The van der Waals surface area contributed by atoms with Crippen LogP contribution in [0.25, 0.3) is 0 Å². The first-order valence-electron chi connectivity index (χ1n) is 4.10. The van der Waals surface area contributed by atoms with E-state index < -0.39 is 22.9 Å². The number of nitrogens with one attached hydrogen (secondary N) is 1. The second-order valence-electron chi connectivity index (χ2n) is 2.86. The summed E-state index contributed by atoms with van der Waals surface area (Å²) in [6, 6.07) is 1.11. The molecule has 0 aliphatic heterocycles. The van der Waals surface area contributed by atoms with E-state index in [1.807, 2.05) is 0 Å². The molecule has 1 aromatic rings. The lowest BCUT2D eigenvalue weighted by atomic mass is 10.4. The highest BCUT2D eigenvalue weighted by molar-refractivity contribution is 6.19. The number of hydrogen-bond acceptors (Lipinski definition) is 4. The van der Waals surface area contributed by atoms with Crippen molar-refractivity contribution >= 4 is 17.7 Å². The third-order valence-corrected chi connectivity index (χ3v) is 1.60. The fourth-order valence-electron chi connectivity index (χ4n) is 0.975. The van der Waals surface area contributed by atoms with Gasteiger partial charge < -0.3 is 9.72 Å². The van der Waals surface area contributed by atoms with E-state index in [0.29, 0.717) is 10.3 Å². The molecule has 0 aliphatic rings. The van der Waals surface area contributed by atoms with E-state index in [0.717, 1.165) is 6.07 Å². The first-order chi connectivity index (χ1) is 6.91. The molecule has 0 saturated heterocycles. The number of nitrogens with zero attached hydrogens (tertiary/aromatic N) is 1. The van der Waals surface area contributed by atoms with E-state index >= 15 is 0 Å². The quantitative estimate of drug-likeness (QED) is 0.712. The van der Waals surface area contributed by atoms with Gasteiger partial charge in [0.05, 0.1) is 0 Å². The highest BCUT2D eigenvalue weighted by Gasteiger charge is 2.14. The van der Waals surface area contributed by atoms with Crippen LogP contribution in [0.3, 0.4) is 0 Å². The van der Waals surface area contributed by atoms with E-state index in [4.69, 9.17) is 11.6 Å². The third kappa shape index (κ3) is 2.69. The zero-order valence-corrected chi connectivity index (χ0v) is 8.87. The van der Waals surface area contributed by atoms with Crippen molar-refractivity contribution in [2.45, 2.75) is 19.4 Å². The Kier molecular flexibility index (Phi) is 3.31. The zero-order valence-electron chi connectivity index (χ0n) is 8.11. The van der Waals surface area contributed by atoms with Gasteiger partial charge in [0.1, 0.15) is 0 Å². The minimum Gasteiger partial charge on any atom is -0.429 e. The monoisotopic (exact) mass is 232 g/mol. The molecule has 1 N–H and O–H groups in total. The van der Waals surface area contributed by atoms with E-state index in [-0.39, 0.29) is 0 Å². The van der Waals surface area contributed by atoms with Crippen molar-refractivity contribution in [3.8, 4) is 0 Å². The number of rotatable bonds is 1. The van der Waals surface area contributed by atoms with Crippen LogP contribution in [0.2, 0.25) is 0 Å². The lowest BCUT2D eigenvalue weighted by Gasteiger charge is -2.06. The SMILES string of the molecule is Cc1cc(=O)n(C(=O)OC(C)Cl)c(=O)[nH]1. The number of aromatic amines is 1. The molecule has 0 spiro atoms. The molecule has 0 aromatic carbocycles. The number of carbonyl (C=O) groups excluding carboxylic acids is 1. The van der Waals surface area contributed by atoms with Gasteiger partial charge in [-0.3, -0.25) is 4.79 Å². The van der Waals surface area contributed by atoms with Crippen molar-refractivity contribution in [2.75, 3.05) is 0 Å². The number of aromatic nitrogens is 2. The molecule has 1 heterocycles. The lowest BCUT2D eigenvalue weighted by Crippen LogP contribution is -2.40. The van der Waals surface area contributed by atoms with E-state index in [1.54, 1.807) is 0 Å². The number of H-pyrrole nitrogens is 1. The van der Waals surface area contributed by atoms with Gasteiger partial charge in [0.2, 0.25) is 0 Å². The second-order valence-corrected chi connectivity index (χ2v) is 3.47. The Morgan fingerprint density at radius 2 is 2.20 bits per heavy atom. The summed E-state index contributed by atoms with van der Waals surface area (Å²) in [6.45, 7) is 2.93. The fourth-order valence-corrected chi connectivity index (χ4v) is 1.05. The molecule has 1 atom stereocenters. The molecular formula is C8H9ClN2O4. The van der Waals surface area contributed by atoms with Crippen molar-refractivity contribution in [1.29, 1.82) is 0 Å². The van der Waals surface area contributed by atoms with Gasteiger partial charge in [0.15, 0.2) is 5.56 Å². The first kappa shape index (κ1) is 11.5. The van der Waals surface area contributed by atoms with Gasteiger partial charge in [0, 0.05) is 11.8 Å². The lowest BCUT2D eigenvalue weighted by molar-refractivity contribution is 0.138. The van der Waals surface area contributed by atoms with Crippen LogP contribution in [0.1, 0.15) is 12.6 Å². The average molecular weight is 233 g/mol. The standard InChI is InChI=1S/C8H9ClN2O4/c1-4-3-6(12)11(7(13)10-4)8(14)15-5(2)9/h3,5H,1-2H3,(H,10,13). The molecule has 1 rings (SSSR count). The minimum atomic E-state index is -1.09. The van der Waals surface area contributed by atoms with Crippen LogP contribution in [0, 0.1) is 6.92 Å². The molecule has 82 valence electrons. The molecule has 0 fully saturated rings. The Morgan fingerprint density at radius 1 is 1.60 bits per heavy atom. The van der Waals surface area contributed by atoms with Gasteiger partial charge in [-0.2, -0.15) is 4.57 Å². The summed E-state index contributed by atoms with van der Waals surface area (Å²) in [5, 5.41) is 0. The van der Waals surface area contributed by atoms with Crippen LogP contribution in [0.5, 0.6) is 0 Å². The van der Waals surface area contributed by atoms with Gasteiger partial charge in [-0.05, 0) is 13.8 Å². The van der Waals surface area contributed by atoms with E-state index in [9.17, 15) is 14.4 Å². The predicted octanol–water partition coefficient (Wildman–Crippen LogP) is 0.415. The Balaban J connectivity index is 3.21. The summed E-state index contributed by atoms with van der Waals surface area (Å²) < 4.78 is 4.85. The zero-order chi connectivity index (χ0) is 11.6.